The zero-order chi connectivity index (χ0) is 7.14. The quantitative estimate of drug-likeness (QED) is 0.632. The van der Waals surface area contributed by atoms with E-state index in [4.69, 9.17) is 5.73 Å². The maximum Gasteiger partial charge on any atom is 0.234 e. The van der Waals surface area contributed by atoms with Gasteiger partial charge in [-0.25, -0.2) is 4.68 Å². The molecule has 1 heterocycles. The molecule has 10 heavy (non-hydrogen) atoms. The van der Waals surface area contributed by atoms with Gasteiger partial charge in [0, 0.05) is 0 Å². The highest BCUT2D eigenvalue weighted by Gasteiger charge is 2.27. The third-order valence-electron chi connectivity index (χ3n) is 1.65. The second kappa shape index (κ2) is 1.71. The molecule has 1 aliphatic carbocycles. The molecule has 0 aromatic carbocycles. The zero-order valence-electron chi connectivity index (χ0n) is 5.42. The smallest absolute Gasteiger partial charge is 0.234 e. The molecule has 0 saturated heterocycles. The first-order valence-corrected chi connectivity index (χ1v) is 3.27. The number of nitrogen functional groups attached to an aromatic ring is 1. The molecule has 2 N–H and O–H groups in total. The van der Waals surface area contributed by atoms with Gasteiger partial charge in [-0.15, -0.1) is 0 Å². The Bertz CT molecular complexity index is 251. The molecule has 3 nitrogen and oxygen atoms in total. The Morgan fingerprint density at radius 2 is 2.40 bits per heavy atom. The maximum atomic E-state index is 12.8. The molecule has 0 aliphatic heterocycles. The lowest BCUT2D eigenvalue weighted by Gasteiger charge is -1.95. The summed E-state index contributed by atoms with van der Waals surface area (Å²) in [7, 11) is 0. The molecule has 0 atom stereocenters. The number of nitrogens with two attached hydrogens (primary N) is 1. The van der Waals surface area contributed by atoms with Crippen molar-refractivity contribution in [3.05, 3.63) is 12.1 Å². The molecule has 1 aromatic heterocycles. The van der Waals surface area contributed by atoms with Crippen LogP contribution < -0.4 is 5.73 Å². The number of rotatable bonds is 1. The van der Waals surface area contributed by atoms with Crippen molar-refractivity contribution < 1.29 is 4.39 Å². The maximum absolute atomic E-state index is 12.8. The molecular formula is C6H8FN3. The summed E-state index contributed by atoms with van der Waals surface area (Å²) in [6, 6.07) is 0.275. The fraction of sp³-hybridized carbons (Fsp3) is 0.500. The van der Waals surface area contributed by atoms with E-state index in [1.807, 2.05) is 0 Å². The average Bonchev–Trinajstić information content (AvgIpc) is 2.67. The van der Waals surface area contributed by atoms with Crippen LogP contribution in [-0.2, 0) is 0 Å². The zero-order valence-corrected chi connectivity index (χ0v) is 5.42. The van der Waals surface area contributed by atoms with Crippen LogP contribution in [0.15, 0.2) is 6.20 Å². The fourth-order valence-electron chi connectivity index (χ4n) is 0.934. The molecule has 0 unspecified atom stereocenters. The Hall–Kier alpha value is -1.06. The average molecular weight is 141 g/mol. The highest BCUT2D eigenvalue weighted by molar-refractivity contribution is 5.33. The van der Waals surface area contributed by atoms with Gasteiger partial charge in [0.1, 0.15) is 5.69 Å². The molecule has 54 valence electrons. The SMILES string of the molecule is Nc1cnn(C2CC2)c1F. The summed E-state index contributed by atoms with van der Waals surface area (Å²) >= 11 is 0. The highest BCUT2D eigenvalue weighted by atomic mass is 19.1. The van der Waals surface area contributed by atoms with Gasteiger partial charge in [-0.05, 0) is 12.8 Å². The van der Waals surface area contributed by atoms with Gasteiger partial charge in [0.25, 0.3) is 0 Å². The van der Waals surface area contributed by atoms with Crippen molar-refractivity contribution in [3.8, 4) is 0 Å². The van der Waals surface area contributed by atoms with Crippen LogP contribution in [0, 0.1) is 5.95 Å². The lowest BCUT2D eigenvalue weighted by atomic mass is 10.6. The predicted molar refractivity (Wildman–Crippen MR) is 34.9 cm³/mol. The molecule has 1 aromatic rings. The summed E-state index contributed by atoms with van der Waals surface area (Å²) in [6.07, 6.45) is 3.41. The number of anilines is 1. The molecule has 0 bridgehead atoms. The molecule has 0 radical (unpaired) electrons. The Balaban J connectivity index is 2.40. The van der Waals surface area contributed by atoms with E-state index in [1.165, 1.54) is 10.9 Å². The first-order valence-electron chi connectivity index (χ1n) is 3.27. The van der Waals surface area contributed by atoms with Crippen LogP contribution in [-0.4, -0.2) is 9.78 Å². The van der Waals surface area contributed by atoms with Crippen LogP contribution in [0.3, 0.4) is 0 Å². The van der Waals surface area contributed by atoms with Crippen LogP contribution in [0.1, 0.15) is 18.9 Å². The van der Waals surface area contributed by atoms with Gasteiger partial charge in [0.15, 0.2) is 0 Å². The van der Waals surface area contributed by atoms with Gasteiger partial charge < -0.3 is 5.73 Å². The lowest BCUT2D eigenvalue weighted by Crippen LogP contribution is -2.00. The topological polar surface area (TPSA) is 43.8 Å². The molecule has 1 fully saturated rings. The number of nitrogens with zero attached hydrogens (tertiary/aromatic N) is 2. The van der Waals surface area contributed by atoms with Gasteiger partial charge in [-0.1, -0.05) is 0 Å². The number of hydrogen-bond donors (Lipinski definition) is 1. The highest BCUT2D eigenvalue weighted by Crippen LogP contribution is 2.35. The van der Waals surface area contributed by atoms with Crippen molar-refractivity contribution in [1.29, 1.82) is 0 Å². The van der Waals surface area contributed by atoms with Crippen LogP contribution >= 0.6 is 0 Å². The third-order valence-corrected chi connectivity index (χ3v) is 1.65. The van der Waals surface area contributed by atoms with Gasteiger partial charge in [0.05, 0.1) is 12.2 Å². The number of halogens is 1. The molecule has 2 rings (SSSR count). The third kappa shape index (κ3) is 0.683. The Morgan fingerprint density at radius 3 is 2.80 bits per heavy atom. The summed E-state index contributed by atoms with van der Waals surface area (Å²) < 4.78 is 14.2. The summed E-state index contributed by atoms with van der Waals surface area (Å²) in [4.78, 5) is 0. The van der Waals surface area contributed by atoms with E-state index in [9.17, 15) is 4.39 Å². The van der Waals surface area contributed by atoms with Crippen LogP contribution in [0.2, 0.25) is 0 Å². The fourth-order valence-corrected chi connectivity index (χ4v) is 0.934. The lowest BCUT2D eigenvalue weighted by molar-refractivity contribution is 0.465. The second-order valence-electron chi connectivity index (χ2n) is 2.57. The predicted octanol–water partition coefficient (Wildman–Crippen LogP) is 0.939. The van der Waals surface area contributed by atoms with Crippen molar-refractivity contribution in [1.82, 2.24) is 9.78 Å². The minimum absolute atomic E-state index is 0.145. The van der Waals surface area contributed by atoms with E-state index < -0.39 is 0 Å². The molecule has 4 heteroatoms. The van der Waals surface area contributed by atoms with E-state index in [2.05, 4.69) is 5.10 Å². The minimum atomic E-state index is -0.387. The first kappa shape index (κ1) is 5.70. The molecule has 0 spiro atoms. The van der Waals surface area contributed by atoms with E-state index in [1.54, 1.807) is 0 Å². The van der Waals surface area contributed by atoms with Crippen LogP contribution in [0.4, 0.5) is 10.1 Å². The second-order valence-corrected chi connectivity index (χ2v) is 2.57. The van der Waals surface area contributed by atoms with E-state index in [0.29, 0.717) is 0 Å². The molecular weight excluding hydrogens is 133 g/mol. The number of hydrogen-bond acceptors (Lipinski definition) is 2. The van der Waals surface area contributed by atoms with Crippen molar-refractivity contribution >= 4 is 5.69 Å². The summed E-state index contributed by atoms with van der Waals surface area (Å²) in [5, 5.41) is 3.79. The summed E-state index contributed by atoms with van der Waals surface area (Å²) in [5.74, 6) is -0.387. The largest absolute Gasteiger partial charge is 0.394 e. The van der Waals surface area contributed by atoms with Gasteiger partial charge in [-0.3, -0.25) is 0 Å². The van der Waals surface area contributed by atoms with E-state index >= 15 is 0 Å². The minimum Gasteiger partial charge on any atom is -0.394 e. The van der Waals surface area contributed by atoms with Gasteiger partial charge in [0.2, 0.25) is 5.95 Å². The summed E-state index contributed by atoms with van der Waals surface area (Å²) in [5.41, 5.74) is 5.39. The summed E-state index contributed by atoms with van der Waals surface area (Å²) in [6.45, 7) is 0. The van der Waals surface area contributed by atoms with Gasteiger partial charge >= 0.3 is 0 Å². The molecule has 1 saturated carbocycles. The Kier molecular flexibility index (Phi) is 0.977. The van der Waals surface area contributed by atoms with Crippen molar-refractivity contribution in [2.24, 2.45) is 0 Å². The van der Waals surface area contributed by atoms with E-state index in [0.717, 1.165) is 12.8 Å². The molecule has 0 amide bonds. The van der Waals surface area contributed by atoms with Crippen molar-refractivity contribution in [3.63, 3.8) is 0 Å². The van der Waals surface area contributed by atoms with Crippen LogP contribution in [0.25, 0.3) is 0 Å². The van der Waals surface area contributed by atoms with Gasteiger partial charge in [-0.2, -0.15) is 9.49 Å². The monoisotopic (exact) mass is 141 g/mol. The normalized spacial score (nSPS) is 17.7. The first-order chi connectivity index (χ1) is 4.79. The van der Waals surface area contributed by atoms with Crippen LogP contribution in [0.5, 0.6) is 0 Å². The van der Waals surface area contributed by atoms with Crippen molar-refractivity contribution in [2.75, 3.05) is 5.73 Å². The standard InChI is InChI=1S/C6H8FN3/c7-6-5(8)3-9-10(6)4-1-2-4/h3-4H,1-2,8H2. The van der Waals surface area contributed by atoms with E-state index in [-0.39, 0.29) is 17.7 Å². The molecule has 1 aliphatic rings. The Labute approximate surface area is 57.6 Å². The van der Waals surface area contributed by atoms with Crippen molar-refractivity contribution in [2.45, 2.75) is 18.9 Å². The number of aromatic nitrogens is 2. The Morgan fingerprint density at radius 1 is 1.70 bits per heavy atom.